The molecule has 1 amide bonds. The van der Waals surface area contributed by atoms with E-state index >= 15 is 0 Å². The number of carbonyl (C=O) groups is 2. The molecule has 1 fully saturated rings. The number of hydrogen-bond donors (Lipinski definition) is 2. The Morgan fingerprint density at radius 1 is 1.33 bits per heavy atom. The fraction of sp³-hybridized carbons (Fsp3) is 0.250. The molecule has 4 nitrogen and oxygen atoms in total. The Bertz CT molecular complexity index is 476. The maximum Gasteiger partial charge on any atom is 0.257 e. The molecule has 0 radical (unpaired) electrons. The maximum atomic E-state index is 11.8. The van der Waals surface area contributed by atoms with Gasteiger partial charge in [-0.25, -0.2) is 0 Å². The molecule has 0 aromatic heterocycles. The molecule has 0 saturated carbocycles. The van der Waals surface area contributed by atoms with Gasteiger partial charge in [-0.05, 0) is 30.8 Å². The Kier molecular flexibility index (Phi) is 4.33. The van der Waals surface area contributed by atoms with Gasteiger partial charge in [-0.1, -0.05) is 30.0 Å². The van der Waals surface area contributed by atoms with Crippen molar-refractivity contribution >= 4 is 40.1 Å². The largest absolute Gasteiger partial charge is 0.352 e. The van der Waals surface area contributed by atoms with Crippen molar-refractivity contribution in [1.29, 1.82) is 0 Å². The van der Waals surface area contributed by atoms with Crippen molar-refractivity contribution in [2.75, 3.05) is 5.75 Å². The Morgan fingerprint density at radius 2 is 2.06 bits per heavy atom. The van der Waals surface area contributed by atoms with Crippen LogP contribution in [-0.2, 0) is 4.79 Å². The second-order valence-electron chi connectivity index (χ2n) is 3.80. The van der Waals surface area contributed by atoms with Crippen molar-refractivity contribution in [2.24, 2.45) is 0 Å². The lowest BCUT2D eigenvalue weighted by molar-refractivity contribution is -0.111. The molecule has 1 heterocycles. The Labute approximate surface area is 115 Å². The third kappa shape index (κ3) is 3.30. The molecule has 1 atom stereocenters. The first kappa shape index (κ1) is 13.0. The number of carbonyl (C=O) groups excluding carboxylic acids is 2. The molecule has 0 unspecified atom stereocenters. The first-order valence-corrected chi connectivity index (χ1v) is 6.90. The van der Waals surface area contributed by atoms with Gasteiger partial charge >= 0.3 is 0 Å². The van der Waals surface area contributed by atoms with Gasteiger partial charge in [0.05, 0.1) is 6.04 Å². The molecule has 1 saturated heterocycles. The van der Waals surface area contributed by atoms with E-state index in [2.05, 4.69) is 10.6 Å². The molecule has 1 aliphatic rings. The van der Waals surface area contributed by atoms with Crippen LogP contribution in [-0.4, -0.2) is 27.9 Å². The van der Waals surface area contributed by atoms with Gasteiger partial charge in [0, 0.05) is 11.3 Å². The van der Waals surface area contributed by atoms with Gasteiger partial charge in [-0.2, -0.15) is 0 Å². The van der Waals surface area contributed by atoms with E-state index in [-0.39, 0.29) is 22.2 Å². The van der Waals surface area contributed by atoms with Crippen LogP contribution in [0, 0.1) is 0 Å². The van der Waals surface area contributed by atoms with E-state index in [9.17, 15) is 9.59 Å². The Balaban J connectivity index is 1.88. The number of benzene rings is 1. The zero-order valence-electron chi connectivity index (χ0n) is 9.51. The molecule has 2 N–H and O–H groups in total. The lowest BCUT2D eigenvalue weighted by atomic mass is 10.2. The zero-order valence-corrected chi connectivity index (χ0v) is 11.1. The molecular weight excluding hydrogens is 268 g/mol. The highest BCUT2D eigenvalue weighted by atomic mass is 32.2. The van der Waals surface area contributed by atoms with Crippen LogP contribution in [0.5, 0.6) is 0 Å². The minimum Gasteiger partial charge on any atom is -0.352 e. The SMILES string of the molecule is O=C(NC(=S)N[C@@H]1CCSC1=O)c1ccccc1. The van der Waals surface area contributed by atoms with Gasteiger partial charge in [-0.3, -0.25) is 14.9 Å². The van der Waals surface area contributed by atoms with E-state index in [1.54, 1.807) is 24.3 Å². The molecule has 18 heavy (non-hydrogen) atoms. The van der Waals surface area contributed by atoms with Crippen LogP contribution in [0.2, 0.25) is 0 Å². The summed E-state index contributed by atoms with van der Waals surface area (Å²) in [6.07, 6.45) is 0.741. The monoisotopic (exact) mass is 280 g/mol. The Hall–Kier alpha value is -1.40. The lowest BCUT2D eigenvalue weighted by Gasteiger charge is -2.13. The molecule has 94 valence electrons. The third-order valence-electron chi connectivity index (χ3n) is 2.50. The number of thioether (sulfide) groups is 1. The lowest BCUT2D eigenvalue weighted by Crippen LogP contribution is -2.45. The standard InChI is InChI=1S/C12H12N2O2S2/c15-10(8-4-2-1-3-5-8)14-12(17)13-9-6-7-18-11(9)16/h1-5,9H,6-7H2,(H2,13,14,15,17)/t9-/m1/s1. The van der Waals surface area contributed by atoms with Gasteiger partial charge in [0.25, 0.3) is 5.91 Å². The van der Waals surface area contributed by atoms with Gasteiger partial charge in [0.2, 0.25) is 5.12 Å². The van der Waals surface area contributed by atoms with Gasteiger partial charge in [0.1, 0.15) is 0 Å². The summed E-state index contributed by atoms with van der Waals surface area (Å²) < 4.78 is 0. The van der Waals surface area contributed by atoms with Crippen molar-refractivity contribution in [3.63, 3.8) is 0 Å². The van der Waals surface area contributed by atoms with Gasteiger partial charge < -0.3 is 5.32 Å². The molecule has 6 heteroatoms. The number of hydrogen-bond acceptors (Lipinski definition) is 4. The summed E-state index contributed by atoms with van der Waals surface area (Å²) in [5.41, 5.74) is 0.536. The summed E-state index contributed by atoms with van der Waals surface area (Å²) >= 11 is 6.30. The summed E-state index contributed by atoms with van der Waals surface area (Å²) in [4.78, 5) is 23.2. The van der Waals surface area contributed by atoms with Crippen LogP contribution in [0.15, 0.2) is 30.3 Å². The van der Waals surface area contributed by atoms with E-state index in [0.717, 1.165) is 12.2 Å². The van der Waals surface area contributed by atoms with Crippen molar-refractivity contribution < 1.29 is 9.59 Å². The number of thiocarbonyl (C=S) groups is 1. The van der Waals surface area contributed by atoms with Crippen LogP contribution >= 0.6 is 24.0 Å². The summed E-state index contributed by atoms with van der Waals surface area (Å²) in [5.74, 6) is 0.525. The van der Waals surface area contributed by atoms with Crippen molar-refractivity contribution in [1.82, 2.24) is 10.6 Å². The molecule has 1 aromatic rings. The summed E-state index contributed by atoms with van der Waals surface area (Å²) in [7, 11) is 0. The second kappa shape index (κ2) is 5.97. The highest BCUT2D eigenvalue weighted by Gasteiger charge is 2.26. The Morgan fingerprint density at radius 3 is 2.67 bits per heavy atom. The first-order chi connectivity index (χ1) is 8.66. The maximum absolute atomic E-state index is 11.8. The van der Waals surface area contributed by atoms with Crippen LogP contribution < -0.4 is 10.6 Å². The number of amides is 1. The fourth-order valence-corrected chi connectivity index (χ4v) is 2.75. The smallest absolute Gasteiger partial charge is 0.257 e. The minimum absolute atomic E-state index is 0.0753. The van der Waals surface area contributed by atoms with Crippen LogP contribution in [0.25, 0.3) is 0 Å². The van der Waals surface area contributed by atoms with Crippen molar-refractivity contribution in [3.05, 3.63) is 35.9 Å². The zero-order chi connectivity index (χ0) is 13.0. The highest BCUT2D eigenvalue weighted by Crippen LogP contribution is 2.19. The molecule has 1 aromatic carbocycles. The van der Waals surface area contributed by atoms with E-state index in [1.165, 1.54) is 11.8 Å². The summed E-state index contributed by atoms with van der Waals surface area (Å²) in [5, 5.41) is 5.70. The van der Waals surface area contributed by atoms with Gasteiger partial charge in [0.15, 0.2) is 5.11 Å². The third-order valence-corrected chi connectivity index (χ3v) is 3.73. The normalized spacial score (nSPS) is 18.4. The predicted octanol–water partition coefficient (Wildman–Crippen LogP) is 1.32. The second-order valence-corrected chi connectivity index (χ2v) is 5.31. The van der Waals surface area contributed by atoms with E-state index < -0.39 is 0 Å². The number of nitrogens with one attached hydrogen (secondary N) is 2. The average Bonchev–Trinajstić information content (AvgIpc) is 2.76. The topological polar surface area (TPSA) is 58.2 Å². The fourth-order valence-electron chi connectivity index (χ4n) is 1.59. The van der Waals surface area contributed by atoms with Crippen molar-refractivity contribution in [3.8, 4) is 0 Å². The average molecular weight is 280 g/mol. The van der Waals surface area contributed by atoms with Crippen LogP contribution in [0.4, 0.5) is 0 Å². The highest BCUT2D eigenvalue weighted by molar-refractivity contribution is 8.14. The van der Waals surface area contributed by atoms with E-state index in [1.807, 2.05) is 6.07 Å². The molecule has 2 rings (SSSR count). The molecule has 0 bridgehead atoms. The van der Waals surface area contributed by atoms with Crippen LogP contribution in [0.1, 0.15) is 16.8 Å². The predicted molar refractivity (Wildman–Crippen MR) is 75.5 cm³/mol. The molecule has 0 spiro atoms. The molecule has 1 aliphatic heterocycles. The van der Waals surface area contributed by atoms with Crippen LogP contribution in [0.3, 0.4) is 0 Å². The summed E-state index contributed by atoms with van der Waals surface area (Å²) in [6.45, 7) is 0. The summed E-state index contributed by atoms with van der Waals surface area (Å²) in [6, 6.07) is 8.52. The molecular formula is C12H12N2O2S2. The molecule has 0 aliphatic carbocycles. The van der Waals surface area contributed by atoms with E-state index in [0.29, 0.717) is 5.56 Å². The first-order valence-electron chi connectivity index (χ1n) is 5.50. The van der Waals surface area contributed by atoms with Crippen molar-refractivity contribution in [2.45, 2.75) is 12.5 Å². The van der Waals surface area contributed by atoms with E-state index in [4.69, 9.17) is 12.2 Å². The van der Waals surface area contributed by atoms with Gasteiger partial charge in [-0.15, -0.1) is 0 Å². The minimum atomic E-state index is -0.279. The number of rotatable bonds is 2. The quantitative estimate of drug-likeness (QED) is 0.800.